The van der Waals surface area contributed by atoms with E-state index in [9.17, 15) is 0 Å². The molecule has 0 aromatic heterocycles. The zero-order valence-corrected chi connectivity index (χ0v) is 13.7. The average molecular weight is 298 g/mol. The molecular weight excluding hydrogens is 272 g/mol. The Kier molecular flexibility index (Phi) is 5.50. The number of nitrogens with one attached hydrogen (secondary N) is 3. The van der Waals surface area contributed by atoms with Crippen LogP contribution in [0.3, 0.4) is 0 Å². The maximum Gasteiger partial charge on any atom is 0.124 e. The van der Waals surface area contributed by atoms with Crippen LogP contribution in [-0.4, -0.2) is 42.1 Å². The van der Waals surface area contributed by atoms with E-state index < -0.39 is 0 Å². The molecule has 0 aliphatic carbocycles. The fourth-order valence-corrected chi connectivity index (χ4v) is 2.71. The van der Waals surface area contributed by atoms with Gasteiger partial charge in [0.25, 0.3) is 0 Å². The topological polar surface area (TPSA) is 63.0 Å². The van der Waals surface area contributed by atoms with Crippen molar-refractivity contribution in [1.82, 2.24) is 10.2 Å². The maximum atomic E-state index is 8.43. The van der Waals surface area contributed by atoms with Crippen molar-refractivity contribution in [2.75, 3.05) is 19.6 Å². The van der Waals surface area contributed by atoms with Crippen LogP contribution in [-0.2, 0) is 6.42 Å². The number of amidine groups is 1. The van der Waals surface area contributed by atoms with Gasteiger partial charge in [0.2, 0.25) is 0 Å². The highest BCUT2D eigenvalue weighted by Crippen LogP contribution is 2.14. The highest BCUT2D eigenvalue weighted by Gasteiger charge is 2.20. The van der Waals surface area contributed by atoms with Crippen molar-refractivity contribution in [3.8, 4) is 0 Å². The lowest BCUT2D eigenvalue weighted by atomic mass is 9.98. The third-order valence-electron chi connectivity index (χ3n) is 4.28. The van der Waals surface area contributed by atoms with Gasteiger partial charge in [-0.15, -0.1) is 0 Å². The molecule has 1 aromatic rings. The minimum atomic E-state index is 0.408. The molecule has 1 heterocycles. The number of nitrogens with zero attached hydrogens (tertiary/aromatic N) is 1. The molecule has 1 aromatic carbocycles. The summed E-state index contributed by atoms with van der Waals surface area (Å²) < 4.78 is 0. The Morgan fingerprint density at radius 3 is 2.50 bits per heavy atom. The van der Waals surface area contributed by atoms with Crippen LogP contribution in [0.2, 0.25) is 0 Å². The van der Waals surface area contributed by atoms with E-state index in [1.54, 1.807) is 0 Å². The first kappa shape index (κ1) is 16.4. The molecule has 0 saturated carbocycles. The van der Waals surface area contributed by atoms with Gasteiger partial charge >= 0.3 is 0 Å². The molecule has 0 unspecified atom stereocenters. The van der Waals surface area contributed by atoms with E-state index in [0.717, 1.165) is 36.3 Å². The molecule has 1 fully saturated rings. The van der Waals surface area contributed by atoms with Gasteiger partial charge in [0.15, 0.2) is 0 Å². The third-order valence-corrected chi connectivity index (χ3v) is 4.28. The SMILES string of the molecule is C/C(C(=N)Cc1ccccc1)=C(\C)C(=N)N1CCN[C@@H](C)C1. The summed E-state index contributed by atoms with van der Waals surface area (Å²) in [4.78, 5) is 2.11. The predicted molar refractivity (Wildman–Crippen MR) is 93.0 cm³/mol. The second-order valence-corrected chi connectivity index (χ2v) is 6.04. The number of rotatable bonds is 4. The Labute approximate surface area is 133 Å². The third kappa shape index (κ3) is 4.04. The van der Waals surface area contributed by atoms with E-state index in [-0.39, 0.29) is 0 Å². The van der Waals surface area contributed by atoms with Crippen molar-refractivity contribution in [2.24, 2.45) is 0 Å². The van der Waals surface area contributed by atoms with Crippen LogP contribution in [0.25, 0.3) is 0 Å². The summed E-state index contributed by atoms with van der Waals surface area (Å²) in [6.45, 7) is 8.69. The van der Waals surface area contributed by atoms with E-state index in [4.69, 9.17) is 10.8 Å². The normalized spacial score (nSPS) is 19.6. The standard InChI is InChI=1S/C18H26N4/c1-13-12-22(10-9-21-13)18(20)15(3)14(2)17(19)11-16-7-5-4-6-8-16/h4-8,13,19-21H,9-12H2,1-3H3/b15-14-,19-17?,20-18?/t13-/m0/s1. The lowest BCUT2D eigenvalue weighted by molar-refractivity contribution is 0.302. The highest BCUT2D eigenvalue weighted by molar-refractivity contribution is 6.07. The average Bonchev–Trinajstić information content (AvgIpc) is 2.53. The molecule has 22 heavy (non-hydrogen) atoms. The summed E-state index contributed by atoms with van der Waals surface area (Å²) in [6.07, 6.45) is 0.620. The van der Waals surface area contributed by atoms with Crippen molar-refractivity contribution in [3.63, 3.8) is 0 Å². The summed E-state index contributed by atoms with van der Waals surface area (Å²) in [6, 6.07) is 10.5. The molecule has 1 aliphatic heterocycles. The lowest BCUT2D eigenvalue weighted by Gasteiger charge is -2.34. The van der Waals surface area contributed by atoms with E-state index >= 15 is 0 Å². The van der Waals surface area contributed by atoms with Gasteiger partial charge in [0.1, 0.15) is 5.84 Å². The predicted octanol–water partition coefficient (Wildman–Crippen LogP) is 2.86. The Morgan fingerprint density at radius 1 is 1.18 bits per heavy atom. The minimum Gasteiger partial charge on any atom is -0.354 e. The van der Waals surface area contributed by atoms with Crippen LogP contribution in [0.4, 0.5) is 0 Å². The molecule has 118 valence electrons. The molecule has 1 saturated heterocycles. The summed E-state index contributed by atoms with van der Waals surface area (Å²) >= 11 is 0. The Balaban J connectivity index is 2.07. The number of benzene rings is 1. The molecule has 2 rings (SSSR count). The molecule has 4 heteroatoms. The molecule has 1 atom stereocenters. The number of allylic oxidation sites excluding steroid dienone is 1. The summed E-state index contributed by atoms with van der Waals surface area (Å²) in [7, 11) is 0. The van der Waals surface area contributed by atoms with Crippen LogP contribution >= 0.6 is 0 Å². The Bertz CT molecular complexity index is 574. The summed E-state index contributed by atoms with van der Waals surface area (Å²) in [5, 5.41) is 20.1. The fraction of sp³-hybridized carbons (Fsp3) is 0.444. The van der Waals surface area contributed by atoms with Gasteiger partial charge in [-0.3, -0.25) is 5.41 Å². The molecule has 4 nitrogen and oxygen atoms in total. The number of hydrogen-bond donors (Lipinski definition) is 3. The van der Waals surface area contributed by atoms with Gasteiger partial charge in [-0.2, -0.15) is 0 Å². The van der Waals surface area contributed by atoms with Crippen molar-refractivity contribution < 1.29 is 0 Å². The smallest absolute Gasteiger partial charge is 0.124 e. The first-order valence-corrected chi connectivity index (χ1v) is 7.85. The van der Waals surface area contributed by atoms with Gasteiger partial charge in [0, 0.05) is 37.8 Å². The molecule has 0 spiro atoms. The molecule has 1 aliphatic rings. The van der Waals surface area contributed by atoms with Crippen molar-refractivity contribution >= 4 is 11.5 Å². The fourth-order valence-electron chi connectivity index (χ4n) is 2.71. The quantitative estimate of drug-likeness (QED) is 0.591. The van der Waals surface area contributed by atoms with E-state index in [0.29, 0.717) is 24.0 Å². The lowest BCUT2D eigenvalue weighted by Crippen LogP contribution is -2.51. The second-order valence-electron chi connectivity index (χ2n) is 6.04. The second kappa shape index (κ2) is 7.36. The first-order valence-electron chi connectivity index (χ1n) is 7.85. The van der Waals surface area contributed by atoms with Crippen LogP contribution < -0.4 is 5.32 Å². The van der Waals surface area contributed by atoms with Crippen molar-refractivity contribution in [2.45, 2.75) is 33.2 Å². The summed E-state index contributed by atoms with van der Waals surface area (Å²) in [5.74, 6) is 0.559. The Morgan fingerprint density at radius 2 is 1.86 bits per heavy atom. The van der Waals surface area contributed by atoms with Gasteiger partial charge in [0.05, 0.1) is 0 Å². The van der Waals surface area contributed by atoms with Crippen molar-refractivity contribution in [1.29, 1.82) is 10.8 Å². The zero-order valence-electron chi connectivity index (χ0n) is 13.7. The molecular formula is C18H26N4. The van der Waals surface area contributed by atoms with Crippen LogP contribution in [0.5, 0.6) is 0 Å². The van der Waals surface area contributed by atoms with E-state index in [1.807, 2.05) is 44.2 Å². The highest BCUT2D eigenvalue weighted by atomic mass is 15.2. The Hall–Kier alpha value is -1.94. The number of hydrogen-bond acceptors (Lipinski definition) is 3. The molecule has 0 bridgehead atoms. The largest absolute Gasteiger partial charge is 0.354 e. The first-order chi connectivity index (χ1) is 10.5. The van der Waals surface area contributed by atoms with Crippen LogP contribution in [0.15, 0.2) is 41.5 Å². The van der Waals surface area contributed by atoms with Gasteiger partial charge in [-0.25, -0.2) is 0 Å². The summed E-state index contributed by atoms with van der Waals surface area (Å²) in [5.41, 5.74) is 3.56. The van der Waals surface area contributed by atoms with Gasteiger partial charge in [-0.1, -0.05) is 30.3 Å². The van der Waals surface area contributed by atoms with E-state index in [1.165, 1.54) is 0 Å². The molecule has 0 amide bonds. The van der Waals surface area contributed by atoms with Crippen LogP contribution in [0.1, 0.15) is 26.3 Å². The minimum absolute atomic E-state index is 0.408. The molecule has 3 N–H and O–H groups in total. The van der Waals surface area contributed by atoms with Crippen molar-refractivity contribution in [3.05, 3.63) is 47.0 Å². The van der Waals surface area contributed by atoms with Gasteiger partial charge < -0.3 is 15.6 Å². The zero-order chi connectivity index (χ0) is 16.1. The molecule has 0 radical (unpaired) electrons. The number of piperazine rings is 1. The van der Waals surface area contributed by atoms with E-state index in [2.05, 4.69) is 17.1 Å². The monoisotopic (exact) mass is 298 g/mol. The maximum absolute atomic E-state index is 8.43. The van der Waals surface area contributed by atoms with Crippen LogP contribution in [0, 0.1) is 10.8 Å². The van der Waals surface area contributed by atoms with Gasteiger partial charge in [-0.05, 0) is 37.5 Å².